The Morgan fingerprint density at radius 3 is 2.24 bits per heavy atom. The summed E-state index contributed by atoms with van der Waals surface area (Å²) in [6.45, 7) is 10.8. The summed E-state index contributed by atoms with van der Waals surface area (Å²) in [6.07, 6.45) is -1.54. The average Bonchev–Trinajstić information content (AvgIpc) is 2.48. The monoisotopic (exact) mass is 299 g/mol. The van der Waals surface area contributed by atoms with Gasteiger partial charge in [0.05, 0.1) is 0 Å². The molecule has 0 saturated carbocycles. The van der Waals surface area contributed by atoms with E-state index in [1.165, 1.54) is 6.07 Å². The molecular formula is C16H27F2N3. The normalized spacial score (nSPS) is 11.4. The van der Waals surface area contributed by atoms with E-state index in [2.05, 4.69) is 18.7 Å². The van der Waals surface area contributed by atoms with Gasteiger partial charge in [-0.25, -0.2) is 8.78 Å². The van der Waals surface area contributed by atoms with Crippen LogP contribution in [0, 0.1) is 0 Å². The summed E-state index contributed by atoms with van der Waals surface area (Å²) in [6, 6.07) is 4.78. The minimum atomic E-state index is -2.50. The topological polar surface area (TPSA) is 32.5 Å². The lowest BCUT2D eigenvalue weighted by atomic mass is 10.1. The first kappa shape index (κ1) is 17.7. The van der Waals surface area contributed by atoms with Crippen molar-refractivity contribution >= 4 is 11.4 Å². The van der Waals surface area contributed by atoms with Crippen LogP contribution in [-0.2, 0) is 0 Å². The zero-order valence-electron chi connectivity index (χ0n) is 13.3. The molecule has 1 aromatic rings. The van der Waals surface area contributed by atoms with E-state index in [0.29, 0.717) is 17.9 Å². The highest BCUT2D eigenvalue weighted by atomic mass is 19.3. The first-order valence-electron chi connectivity index (χ1n) is 7.68. The molecule has 0 spiro atoms. The molecule has 0 fully saturated rings. The van der Waals surface area contributed by atoms with Crippen LogP contribution in [0.4, 0.5) is 20.2 Å². The molecule has 0 aromatic heterocycles. The Morgan fingerprint density at radius 2 is 1.71 bits per heavy atom. The summed E-state index contributed by atoms with van der Waals surface area (Å²) < 4.78 is 26.3. The van der Waals surface area contributed by atoms with Crippen molar-refractivity contribution in [3.63, 3.8) is 0 Å². The molecule has 0 atom stereocenters. The number of nitrogens with two attached hydrogens (primary N) is 1. The van der Waals surface area contributed by atoms with Gasteiger partial charge in [0.15, 0.2) is 0 Å². The van der Waals surface area contributed by atoms with Gasteiger partial charge < -0.3 is 15.5 Å². The highest BCUT2D eigenvalue weighted by molar-refractivity contribution is 5.60. The van der Waals surface area contributed by atoms with E-state index < -0.39 is 6.43 Å². The minimum Gasteiger partial charge on any atom is -0.399 e. The van der Waals surface area contributed by atoms with Crippen LogP contribution in [0.3, 0.4) is 0 Å². The standard InChI is InChI=1S/C16H27F2N3/c1-4-20(5-2)10-7-11-21(6-3)15-9-8-13(19)12-14(15)16(17)18/h8-9,12,16H,4-7,10-11,19H2,1-3H3. The van der Waals surface area contributed by atoms with Crippen molar-refractivity contribution < 1.29 is 8.78 Å². The lowest BCUT2D eigenvalue weighted by molar-refractivity contribution is 0.152. The Labute approximate surface area is 126 Å². The van der Waals surface area contributed by atoms with E-state index in [1.54, 1.807) is 12.1 Å². The first-order valence-corrected chi connectivity index (χ1v) is 7.68. The second kappa shape index (κ2) is 8.82. The minimum absolute atomic E-state index is 0.0275. The molecule has 0 bridgehead atoms. The van der Waals surface area contributed by atoms with Gasteiger partial charge in [0.2, 0.25) is 0 Å². The largest absolute Gasteiger partial charge is 0.399 e. The molecule has 1 aromatic carbocycles. The maximum Gasteiger partial charge on any atom is 0.265 e. The number of alkyl halides is 2. The third kappa shape index (κ3) is 5.16. The summed E-state index contributed by atoms with van der Waals surface area (Å²) in [5.74, 6) is 0. The number of anilines is 2. The third-order valence-electron chi connectivity index (χ3n) is 3.81. The zero-order chi connectivity index (χ0) is 15.8. The molecule has 5 heteroatoms. The molecule has 21 heavy (non-hydrogen) atoms. The molecule has 0 amide bonds. The number of halogens is 2. The van der Waals surface area contributed by atoms with Crippen molar-refractivity contribution in [1.82, 2.24) is 4.90 Å². The van der Waals surface area contributed by atoms with Crippen LogP contribution in [0.2, 0.25) is 0 Å². The smallest absolute Gasteiger partial charge is 0.265 e. The fourth-order valence-corrected chi connectivity index (χ4v) is 2.51. The van der Waals surface area contributed by atoms with Crippen LogP contribution in [0.5, 0.6) is 0 Å². The van der Waals surface area contributed by atoms with Crippen LogP contribution in [0.25, 0.3) is 0 Å². The average molecular weight is 299 g/mol. The van der Waals surface area contributed by atoms with Crippen LogP contribution in [0.1, 0.15) is 39.2 Å². The van der Waals surface area contributed by atoms with E-state index >= 15 is 0 Å². The van der Waals surface area contributed by atoms with Gasteiger partial charge in [-0.05, 0) is 51.2 Å². The molecule has 120 valence electrons. The maximum absolute atomic E-state index is 13.2. The zero-order valence-corrected chi connectivity index (χ0v) is 13.3. The van der Waals surface area contributed by atoms with E-state index in [1.807, 2.05) is 11.8 Å². The second-order valence-corrected chi connectivity index (χ2v) is 5.08. The van der Waals surface area contributed by atoms with Crippen LogP contribution < -0.4 is 10.6 Å². The Balaban J connectivity index is 2.76. The Morgan fingerprint density at radius 1 is 1.05 bits per heavy atom. The van der Waals surface area contributed by atoms with Gasteiger partial charge in [0, 0.05) is 30.0 Å². The molecule has 0 aliphatic rings. The van der Waals surface area contributed by atoms with Crippen LogP contribution in [-0.4, -0.2) is 37.6 Å². The Hall–Kier alpha value is -1.36. The van der Waals surface area contributed by atoms with Crippen molar-refractivity contribution in [3.05, 3.63) is 23.8 Å². The van der Waals surface area contributed by atoms with Crippen LogP contribution >= 0.6 is 0 Å². The van der Waals surface area contributed by atoms with Crippen LogP contribution in [0.15, 0.2) is 18.2 Å². The molecule has 2 N–H and O–H groups in total. The summed E-state index contributed by atoms with van der Waals surface area (Å²) in [5.41, 5.74) is 6.63. The number of hydrogen-bond donors (Lipinski definition) is 1. The van der Waals surface area contributed by atoms with Crippen molar-refractivity contribution in [3.8, 4) is 0 Å². The third-order valence-corrected chi connectivity index (χ3v) is 3.81. The summed E-state index contributed by atoms with van der Waals surface area (Å²) in [7, 11) is 0. The lowest BCUT2D eigenvalue weighted by Crippen LogP contribution is -2.30. The highest BCUT2D eigenvalue weighted by Crippen LogP contribution is 2.31. The van der Waals surface area contributed by atoms with E-state index in [0.717, 1.165) is 32.6 Å². The summed E-state index contributed by atoms with van der Waals surface area (Å²) >= 11 is 0. The quantitative estimate of drug-likeness (QED) is 0.705. The van der Waals surface area contributed by atoms with E-state index in [4.69, 9.17) is 5.73 Å². The number of nitrogens with zero attached hydrogens (tertiary/aromatic N) is 2. The SMILES string of the molecule is CCN(CC)CCCN(CC)c1ccc(N)cc1C(F)F. The fraction of sp³-hybridized carbons (Fsp3) is 0.625. The van der Waals surface area contributed by atoms with Crippen molar-refractivity contribution in [1.29, 1.82) is 0 Å². The predicted molar refractivity (Wildman–Crippen MR) is 86.1 cm³/mol. The van der Waals surface area contributed by atoms with Gasteiger partial charge in [-0.1, -0.05) is 13.8 Å². The number of benzene rings is 1. The number of nitrogen functional groups attached to an aromatic ring is 1. The molecule has 0 aliphatic heterocycles. The van der Waals surface area contributed by atoms with Gasteiger partial charge in [0.1, 0.15) is 0 Å². The van der Waals surface area contributed by atoms with Gasteiger partial charge in [0.25, 0.3) is 6.43 Å². The van der Waals surface area contributed by atoms with E-state index in [9.17, 15) is 8.78 Å². The molecular weight excluding hydrogens is 272 g/mol. The first-order chi connectivity index (χ1) is 10.0. The Bertz CT molecular complexity index is 420. The van der Waals surface area contributed by atoms with Gasteiger partial charge in [-0.2, -0.15) is 0 Å². The van der Waals surface area contributed by atoms with E-state index in [-0.39, 0.29) is 5.56 Å². The number of rotatable bonds is 9. The summed E-state index contributed by atoms with van der Waals surface area (Å²) in [5, 5.41) is 0. The van der Waals surface area contributed by atoms with Gasteiger partial charge in [-0.15, -0.1) is 0 Å². The fourth-order valence-electron chi connectivity index (χ4n) is 2.51. The van der Waals surface area contributed by atoms with Gasteiger partial charge in [-0.3, -0.25) is 0 Å². The molecule has 3 nitrogen and oxygen atoms in total. The molecule has 0 radical (unpaired) electrons. The summed E-state index contributed by atoms with van der Waals surface area (Å²) in [4.78, 5) is 4.34. The van der Waals surface area contributed by atoms with Gasteiger partial charge >= 0.3 is 0 Å². The van der Waals surface area contributed by atoms with Crippen molar-refractivity contribution in [2.75, 3.05) is 43.4 Å². The Kier molecular flexibility index (Phi) is 7.43. The number of hydrogen-bond acceptors (Lipinski definition) is 3. The predicted octanol–water partition coefficient (Wildman–Crippen LogP) is 3.76. The lowest BCUT2D eigenvalue weighted by Gasteiger charge is -2.27. The molecule has 0 unspecified atom stereocenters. The molecule has 0 saturated heterocycles. The van der Waals surface area contributed by atoms with Crippen molar-refractivity contribution in [2.45, 2.75) is 33.6 Å². The van der Waals surface area contributed by atoms with Crippen molar-refractivity contribution in [2.24, 2.45) is 0 Å². The molecule has 1 rings (SSSR count). The molecule has 0 heterocycles. The second-order valence-electron chi connectivity index (χ2n) is 5.08. The maximum atomic E-state index is 13.2. The highest BCUT2D eigenvalue weighted by Gasteiger charge is 2.17. The molecule has 0 aliphatic carbocycles.